The minimum atomic E-state index is -0.445. The van der Waals surface area contributed by atoms with Crippen molar-refractivity contribution in [2.45, 2.75) is 0 Å². The number of rotatable bonds is 5. The monoisotopic (exact) mass is 411 g/mol. The van der Waals surface area contributed by atoms with Gasteiger partial charge in [0.05, 0.1) is 23.7 Å². The van der Waals surface area contributed by atoms with Gasteiger partial charge in [0.25, 0.3) is 11.8 Å². The molecule has 7 heteroatoms. The van der Waals surface area contributed by atoms with Crippen LogP contribution in [0.2, 0.25) is 0 Å². The number of carbonyl (C=O) groups is 2. The third kappa shape index (κ3) is 4.46. The SMILES string of the molecule is O=C(Nc1ccccc1C(=O)N/N=C\c1ccco1)c1ccc(Br)cc1. The molecule has 0 saturated heterocycles. The first-order chi connectivity index (χ1) is 12.6. The van der Waals surface area contributed by atoms with Crippen LogP contribution in [0.25, 0.3) is 0 Å². The molecule has 3 aromatic rings. The van der Waals surface area contributed by atoms with Gasteiger partial charge in [0.1, 0.15) is 5.76 Å². The number of anilines is 1. The number of para-hydroxylation sites is 1. The van der Waals surface area contributed by atoms with Gasteiger partial charge in [-0.25, -0.2) is 5.43 Å². The molecule has 0 bridgehead atoms. The summed E-state index contributed by atoms with van der Waals surface area (Å²) in [6, 6.07) is 17.1. The summed E-state index contributed by atoms with van der Waals surface area (Å²) < 4.78 is 5.97. The summed E-state index contributed by atoms with van der Waals surface area (Å²) in [6.45, 7) is 0. The number of halogens is 1. The van der Waals surface area contributed by atoms with Crippen LogP contribution in [0.4, 0.5) is 5.69 Å². The molecule has 26 heavy (non-hydrogen) atoms. The van der Waals surface area contributed by atoms with E-state index in [4.69, 9.17) is 4.42 Å². The van der Waals surface area contributed by atoms with Gasteiger partial charge < -0.3 is 9.73 Å². The lowest BCUT2D eigenvalue weighted by molar-refractivity contribution is 0.0956. The van der Waals surface area contributed by atoms with Crippen LogP contribution in [-0.2, 0) is 0 Å². The highest BCUT2D eigenvalue weighted by Gasteiger charge is 2.13. The predicted octanol–water partition coefficient (Wildman–Crippen LogP) is 4.06. The standard InChI is InChI=1S/C19H14BrN3O3/c20-14-9-7-13(8-10-14)18(24)22-17-6-2-1-5-16(17)19(25)23-21-12-15-4-3-11-26-15/h1-12H,(H,22,24)(H,23,25)/b21-12-. The van der Waals surface area contributed by atoms with Crippen LogP contribution in [-0.4, -0.2) is 18.0 Å². The molecule has 0 aliphatic carbocycles. The number of carbonyl (C=O) groups excluding carboxylic acids is 2. The summed E-state index contributed by atoms with van der Waals surface area (Å²) in [4.78, 5) is 24.7. The number of nitrogens with zero attached hydrogens (tertiary/aromatic N) is 1. The average Bonchev–Trinajstić information content (AvgIpc) is 3.16. The zero-order chi connectivity index (χ0) is 18.4. The second-order valence-corrected chi connectivity index (χ2v) is 6.14. The summed E-state index contributed by atoms with van der Waals surface area (Å²) in [5, 5.41) is 6.59. The summed E-state index contributed by atoms with van der Waals surface area (Å²) in [6.07, 6.45) is 2.90. The van der Waals surface area contributed by atoms with Crippen molar-refractivity contribution in [2.75, 3.05) is 5.32 Å². The fourth-order valence-corrected chi connectivity index (χ4v) is 2.43. The van der Waals surface area contributed by atoms with Crippen molar-refractivity contribution in [1.29, 1.82) is 0 Å². The number of hydrogen-bond donors (Lipinski definition) is 2. The number of benzene rings is 2. The second kappa shape index (κ2) is 8.26. The maximum Gasteiger partial charge on any atom is 0.273 e. The van der Waals surface area contributed by atoms with Gasteiger partial charge in [-0.2, -0.15) is 5.10 Å². The summed E-state index contributed by atoms with van der Waals surface area (Å²) in [5.41, 5.74) is 3.59. The van der Waals surface area contributed by atoms with E-state index < -0.39 is 5.91 Å². The lowest BCUT2D eigenvalue weighted by Gasteiger charge is -2.10. The third-order valence-electron chi connectivity index (χ3n) is 3.43. The summed E-state index contributed by atoms with van der Waals surface area (Å²) >= 11 is 3.33. The lowest BCUT2D eigenvalue weighted by Crippen LogP contribution is -2.21. The fourth-order valence-electron chi connectivity index (χ4n) is 2.17. The number of furan rings is 1. The highest BCUT2D eigenvalue weighted by Crippen LogP contribution is 2.17. The van der Waals surface area contributed by atoms with Crippen molar-refractivity contribution in [3.05, 3.63) is 88.3 Å². The molecular formula is C19H14BrN3O3. The van der Waals surface area contributed by atoms with Crippen molar-refractivity contribution < 1.29 is 14.0 Å². The molecule has 0 atom stereocenters. The van der Waals surface area contributed by atoms with Gasteiger partial charge in [0.15, 0.2) is 0 Å². The van der Waals surface area contributed by atoms with Gasteiger partial charge in [0.2, 0.25) is 0 Å². The van der Waals surface area contributed by atoms with E-state index in [1.54, 1.807) is 60.7 Å². The molecule has 0 aliphatic rings. The van der Waals surface area contributed by atoms with E-state index in [-0.39, 0.29) is 5.91 Å². The Morgan fingerprint density at radius 2 is 1.73 bits per heavy atom. The number of nitrogens with one attached hydrogen (secondary N) is 2. The van der Waals surface area contributed by atoms with Crippen LogP contribution in [0.1, 0.15) is 26.5 Å². The molecule has 0 aliphatic heterocycles. The Bertz CT molecular complexity index is 935. The van der Waals surface area contributed by atoms with Gasteiger partial charge >= 0.3 is 0 Å². The Balaban J connectivity index is 1.72. The van der Waals surface area contributed by atoms with Crippen LogP contribution < -0.4 is 10.7 Å². The highest BCUT2D eigenvalue weighted by atomic mass is 79.9. The topological polar surface area (TPSA) is 83.7 Å². The second-order valence-electron chi connectivity index (χ2n) is 5.22. The van der Waals surface area contributed by atoms with Crippen LogP contribution >= 0.6 is 15.9 Å². The Kier molecular flexibility index (Phi) is 5.60. The molecule has 0 saturated carbocycles. The first kappa shape index (κ1) is 17.6. The Labute approximate surface area is 158 Å². The minimum Gasteiger partial charge on any atom is -0.463 e. The van der Waals surface area contributed by atoms with Gasteiger partial charge in [-0.05, 0) is 48.5 Å². The van der Waals surface area contributed by atoms with Crippen molar-refractivity contribution in [3.8, 4) is 0 Å². The normalized spacial score (nSPS) is 10.7. The van der Waals surface area contributed by atoms with E-state index in [0.29, 0.717) is 22.6 Å². The molecule has 1 heterocycles. The Hall–Kier alpha value is -3.19. The molecule has 2 amide bonds. The van der Waals surface area contributed by atoms with Crippen molar-refractivity contribution in [2.24, 2.45) is 5.10 Å². The summed E-state index contributed by atoms with van der Waals surface area (Å²) in [7, 11) is 0. The van der Waals surface area contributed by atoms with Crippen LogP contribution in [0, 0.1) is 0 Å². The highest BCUT2D eigenvalue weighted by molar-refractivity contribution is 9.10. The smallest absolute Gasteiger partial charge is 0.273 e. The van der Waals surface area contributed by atoms with Crippen LogP contribution in [0.5, 0.6) is 0 Å². The molecule has 2 aromatic carbocycles. The molecular weight excluding hydrogens is 398 g/mol. The van der Waals surface area contributed by atoms with Crippen molar-refractivity contribution in [3.63, 3.8) is 0 Å². The van der Waals surface area contributed by atoms with E-state index in [2.05, 4.69) is 31.8 Å². The zero-order valence-electron chi connectivity index (χ0n) is 13.5. The number of amides is 2. The molecule has 0 unspecified atom stereocenters. The third-order valence-corrected chi connectivity index (χ3v) is 3.96. The quantitative estimate of drug-likeness (QED) is 0.490. The molecule has 130 valence electrons. The molecule has 0 radical (unpaired) electrons. The predicted molar refractivity (Wildman–Crippen MR) is 102 cm³/mol. The van der Waals surface area contributed by atoms with Crippen LogP contribution in [0.3, 0.4) is 0 Å². The van der Waals surface area contributed by atoms with Crippen molar-refractivity contribution in [1.82, 2.24) is 5.43 Å². The lowest BCUT2D eigenvalue weighted by atomic mass is 10.1. The van der Waals surface area contributed by atoms with Crippen LogP contribution in [0.15, 0.2) is 80.9 Å². The Morgan fingerprint density at radius 3 is 2.46 bits per heavy atom. The average molecular weight is 412 g/mol. The number of hydrogen-bond acceptors (Lipinski definition) is 4. The summed E-state index contributed by atoms with van der Waals surface area (Å²) in [5.74, 6) is -0.238. The van der Waals surface area contributed by atoms with Gasteiger partial charge in [0, 0.05) is 10.0 Å². The fraction of sp³-hybridized carbons (Fsp3) is 0. The maximum absolute atomic E-state index is 12.4. The first-order valence-corrected chi connectivity index (χ1v) is 8.45. The minimum absolute atomic E-state index is 0.301. The molecule has 0 fully saturated rings. The van der Waals surface area contributed by atoms with Crippen molar-refractivity contribution >= 4 is 39.6 Å². The molecule has 0 spiro atoms. The van der Waals surface area contributed by atoms with Gasteiger partial charge in [-0.1, -0.05) is 28.1 Å². The first-order valence-electron chi connectivity index (χ1n) is 7.66. The maximum atomic E-state index is 12.4. The molecule has 2 N–H and O–H groups in total. The Morgan fingerprint density at radius 1 is 0.962 bits per heavy atom. The largest absolute Gasteiger partial charge is 0.463 e. The van der Waals surface area contributed by atoms with Gasteiger partial charge in [-0.15, -0.1) is 0 Å². The van der Waals surface area contributed by atoms with Gasteiger partial charge in [-0.3, -0.25) is 9.59 Å². The molecule has 3 rings (SSSR count). The van der Waals surface area contributed by atoms with E-state index >= 15 is 0 Å². The van der Waals surface area contributed by atoms with E-state index in [0.717, 1.165) is 4.47 Å². The van der Waals surface area contributed by atoms with E-state index in [9.17, 15) is 9.59 Å². The molecule has 6 nitrogen and oxygen atoms in total. The number of hydrazone groups is 1. The van der Waals surface area contributed by atoms with E-state index in [1.165, 1.54) is 12.5 Å². The molecule has 1 aromatic heterocycles. The van der Waals surface area contributed by atoms with E-state index in [1.807, 2.05) is 0 Å². The zero-order valence-corrected chi connectivity index (χ0v) is 15.1.